The lowest BCUT2D eigenvalue weighted by Crippen LogP contribution is -2.30. The fraction of sp³-hybridized carbons (Fsp3) is 0.0909. The zero-order chi connectivity index (χ0) is 20.1. The lowest BCUT2D eigenvalue weighted by atomic mass is 9.90. The number of nitrogens with one attached hydrogen (secondary N) is 1. The number of halogens is 1. The quantitative estimate of drug-likeness (QED) is 0.551. The molecule has 1 heterocycles. The first-order valence-corrected chi connectivity index (χ1v) is 9.13. The Morgan fingerprint density at radius 1 is 0.931 bits per heavy atom. The highest BCUT2D eigenvalue weighted by Gasteiger charge is 2.23. The highest BCUT2D eigenvalue weighted by molar-refractivity contribution is 5.87. The number of tetrazole rings is 1. The number of carbonyl (C=O) groups excluding carboxylic acids is 1. The van der Waals surface area contributed by atoms with Gasteiger partial charge < -0.3 is 5.32 Å². The van der Waals surface area contributed by atoms with E-state index in [9.17, 15) is 9.18 Å². The highest BCUT2D eigenvalue weighted by Crippen LogP contribution is 2.24. The molecule has 0 atom stereocenters. The van der Waals surface area contributed by atoms with Gasteiger partial charge in [-0.25, -0.2) is 4.39 Å². The van der Waals surface area contributed by atoms with Crippen molar-refractivity contribution in [3.63, 3.8) is 0 Å². The summed E-state index contributed by atoms with van der Waals surface area (Å²) in [6, 6.07) is 25.1. The molecule has 3 aromatic carbocycles. The Morgan fingerprint density at radius 3 is 2.21 bits per heavy atom. The van der Waals surface area contributed by atoms with Crippen LogP contribution in [0.25, 0.3) is 5.69 Å². The number of amides is 1. The topological polar surface area (TPSA) is 72.7 Å². The number of rotatable bonds is 6. The number of carbonyl (C=O) groups is 1. The van der Waals surface area contributed by atoms with Crippen LogP contribution in [0.2, 0.25) is 0 Å². The Kier molecular flexibility index (Phi) is 5.38. The molecule has 4 rings (SSSR count). The molecule has 0 aliphatic heterocycles. The molecular formula is C22H18FN5O. The average Bonchev–Trinajstić information content (AvgIpc) is 3.23. The van der Waals surface area contributed by atoms with Crippen molar-refractivity contribution in [1.29, 1.82) is 0 Å². The van der Waals surface area contributed by atoms with Crippen molar-refractivity contribution in [3.8, 4) is 5.69 Å². The van der Waals surface area contributed by atoms with E-state index in [4.69, 9.17) is 0 Å². The normalized spacial score (nSPS) is 10.8. The van der Waals surface area contributed by atoms with Gasteiger partial charge >= 0.3 is 0 Å². The van der Waals surface area contributed by atoms with Crippen molar-refractivity contribution < 1.29 is 9.18 Å². The molecule has 6 nitrogen and oxygen atoms in total. The summed E-state index contributed by atoms with van der Waals surface area (Å²) < 4.78 is 14.9. The minimum atomic E-state index is -0.462. The van der Waals surface area contributed by atoms with E-state index >= 15 is 0 Å². The third-order valence-corrected chi connectivity index (χ3v) is 4.54. The summed E-state index contributed by atoms with van der Waals surface area (Å²) in [5.41, 5.74) is 2.27. The second-order valence-corrected chi connectivity index (χ2v) is 6.46. The van der Waals surface area contributed by atoms with Gasteiger partial charge in [0.05, 0.1) is 18.2 Å². The molecule has 7 heteroatoms. The minimum Gasteiger partial charge on any atom is -0.348 e. The lowest BCUT2D eigenvalue weighted by molar-refractivity contribution is -0.121. The van der Waals surface area contributed by atoms with Gasteiger partial charge in [-0.05, 0) is 39.8 Å². The second kappa shape index (κ2) is 8.43. The summed E-state index contributed by atoms with van der Waals surface area (Å²) in [7, 11) is 0. The molecule has 0 fully saturated rings. The Morgan fingerprint density at radius 2 is 1.59 bits per heavy atom. The number of benzene rings is 3. The van der Waals surface area contributed by atoms with E-state index < -0.39 is 5.92 Å². The van der Waals surface area contributed by atoms with E-state index in [2.05, 4.69) is 20.8 Å². The van der Waals surface area contributed by atoms with Gasteiger partial charge in [-0.2, -0.15) is 4.68 Å². The van der Waals surface area contributed by atoms with Crippen LogP contribution in [0, 0.1) is 5.82 Å². The van der Waals surface area contributed by atoms with Crippen LogP contribution in [0.15, 0.2) is 84.9 Å². The van der Waals surface area contributed by atoms with Crippen LogP contribution in [0.5, 0.6) is 0 Å². The van der Waals surface area contributed by atoms with Gasteiger partial charge in [-0.1, -0.05) is 66.7 Å². The minimum absolute atomic E-state index is 0.110. The molecular weight excluding hydrogens is 369 g/mol. The average molecular weight is 387 g/mol. The van der Waals surface area contributed by atoms with Crippen molar-refractivity contribution in [2.75, 3.05) is 0 Å². The van der Waals surface area contributed by atoms with Crippen LogP contribution < -0.4 is 5.32 Å². The maximum absolute atomic E-state index is 13.5. The summed E-state index contributed by atoms with van der Waals surface area (Å²) in [6.45, 7) is 0.110. The van der Waals surface area contributed by atoms with Gasteiger partial charge in [0.1, 0.15) is 5.82 Å². The molecule has 0 unspecified atom stereocenters. The van der Waals surface area contributed by atoms with E-state index in [1.54, 1.807) is 12.1 Å². The molecule has 0 saturated carbocycles. The first-order valence-electron chi connectivity index (χ1n) is 9.13. The predicted octanol–water partition coefficient (Wildman–Crippen LogP) is 3.25. The summed E-state index contributed by atoms with van der Waals surface area (Å²) in [4.78, 5) is 13.1. The molecule has 1 N–H and O–H groups in total. The Bertz CT molecular complexity index is 1060. The van der Waals surface area contributed by atoms with Crippen LogP contribution in [-0.2, 0) is 11.3 Å². The molecule has 0 spiro atoms. The van der Waals surface area contributed by atoms with Crippen molar-refractivity contribution in [2.45, 2.75) is 12.5 Å². The van der Waals surface area contributed by atoms with E-state index in [1.165, 1.54) is 16.8 Å². The van der Waals surface area contributed by atoms with Gasteiger partial charge in [0.2, 0.25) is 5.91 Å². The van der Waals surface area contributed by atoms with E-state index in [0.717, 1.165) is 11.1 Å². The van der Waals surface area contributed by atoms with Crippen LogP contribution >= 0.6 is 0 Å². The summed E-state index contributed by atoms with van der Waals surface area (Å²) in [6.07, 6.45) is 0. The van der Waals surface area contributed by atoms with Gasteiger partial charge in [0, 0.05) is 0 Å². The summed E-state index contributed by atoms with van der Waals surface area (Å²) >= 11 is 0. The van der Waals surface area contributed by atoms with Crippen LogP contribution in [0.1, 0.15) is 22.9 Å². The second-order valence-electron chi connectivity index (χ2n) is 6.46. The first-order chi connectivity index (χ1) is 14.2. The SMILES string of the molecule is O=C(NCc1nnnn1-c1cccc(F)c1)C(c1ccccc1)c1ccccc1. The van der Waals surface area contributed by atoms with E-state index in [0.29, 0.717) is 11.5 Å². The monoisotopic (exact) mass is 387 g/mol. The van der Waals surface area contributed by atoms with Crippen molar-refractivity contribution in [1.82, 2.24) is 25.5 Å². The van der Waals surface area contributed by atoms with Crippen LogP contribution in [-0.4, -0.2) is 26.1 Å². The summed E-state index contributed by atoms with van der Waals surface area (Å²) in [5, 5.41) is 14.4. The van der Waals surface area contributed by atoms with Crippen molar-refractivity contribution in [3.05, 3.63) is 108 Å². The zero-order valence-corrected chi connectivity index (χ0v) is 15.4. The molecule has 0 aliphatic rings. The first kappa shape index (κ1) is 18.5. The Labute approximate surface area is 167 Å². The van der Waals surface area contributed by atoms with Gasteiger partial charge in [-0.3, -0.25) is 4.79 Å². The third kappa shape index (κ3) is 4.19. The standard InChI is InChI=1S/C22H18FN5O/c23-18-12-7-13-19(14-18)28-20(25-26-27-28)15-24-22(29)21(16-8-3-1-4-9-16)17-10-5-2-6-11-17/h1-14,21H,15H2,(H,24,29). The molecule has 144 valence electrons. The third-order valence-electron chi connectivity index (χ3n) is 4.54. The highest BCUT2D eigenvalue weighted by atomic mass is 19.1. The van der Waals surface area contributed by atoms with Crippen LogP contribution in [0.4, 0.5) is 4.39 Å². The summed E-state index contributed by atoms with van der Waals surface area (Å²) in [5.74, 6) is -0.614. The molecule has 4 aromatic rings. The molecule has 1 aromatic heterocycles. The molecule has 0 saturated heterocycles. The maximum atomic E-state index is 13.5. The van der Waals surface area contributed by atoms with Gasteiger partial charge in [0.25, 0.3) is 0 Å². The number of hydrogen-bond acceptors (Lipinski definition) is 4. The van der Waals surface area contributed by atoms with Crippen molar-refractivity contribution >= 4 is 5.91 Å². The molecule has 0 radical (unpaired) electrons. The smallest absolute Gasteiger partial charge is 0.232 e. The molecule has 29 heavy (non-hydrogen) atoms. The zero-order valence-electron chi connectivity index (χ0n) is 15.4. The van der Waals surface area contributed by atoms with E-state index in [1.807, 2.05) is 60.7 Å². The molecule has 0 bridgehead atoms. The largest absolute Gasteiger partial charge is 0.348 e. The van der Waals surface area contributed by atoms with Crippen molar-refractivity contribution in [2.24, 2.45) is 0 Å². The van der Waals surface area contributed by atoms with Gasteiger partial charge in [0.15, 0.2) is 5.82 Å². The molecule has 1 amide bonds. The lowest BCUT2D eigenvalue weighted by Gasteiger charge is -2.17. The molecule has 0 aliphatic carbocycles. The fourth-order valence-corrected chi connectivity index (χ4v) is 3.18. The number of hydrogen-bond donors (Lipinski definition) is 1. The maximum Gasteiger partial charge on any atom is 0.232 e. The Hall–Kier alpha value is -3.87. The fourth-order valence-electron chi connectivity index (χ4n) is 3.18. The number of aromatic nitrogens is 4. The van der Waals surface area contributed by atoms with E-state index in [-0.39, 0.29) is 18.3 Å². The van der Waals surface area contributed by atoms with Gasteiger partial charge in [-0.15, -0.1) is 5.10 Å². The predicted molar refractivity (Wildman–Crippen MR) is 106 cm³/mol. The van der Waals surface area contributed by atoms with Crippen LogP contribution in [0.3, 0.4) is 0 Å². The number of nitrogens with zero attached hydrogens (tertiary/aromatic N) is 4. The Balaban J connectivity index is 1.56.